The Morgan fingerprint density at radius 1 is 1.07 bits per heavy atom. The van der Waals surface area contributed by atoms with Gasteiger partial charge in [0.25, 0.3) is 0 Å². The number of hydrogen-bond donors (Lipinski definition) is 0. The van der Waals surface area contributed by atoms with Gasteiger partial charge in [0.05, 0.1) is 14.2 Å². The fourth-order valence-electron chi connectivity index (χ4n) is 2.78. The number of ether oxygens (including phenoxy) is 3. The van der Waals surface area contributed by atoms with Crippen LogP contribution >= 0.6 is 0 Å². The Bertz CT molecular complexity index is 959. The lowest BCUT2D eigenvalue weighted by Gasteiger charge is -2.18. The zero-order valence-corrected chi connectivity index (χ0v) is 17.5. The maximum Gasteiger partial charge on any atom is 0.387 e. The number of benzene rings is 2. The number of methoxy groups -OCH3 is 2. The quantitative estimate of drug-likeness (QED) is 0.344. The number of nitriles is 1. The number of ketones is 1. The van der Waals surface area contributed by atoms with E-state index in [0.717, 1.165) is 5.56 Å². The van der Waals surface area contributed by atoms with Crippen LogP contribution in [-0.4, -0.2) is 26.6 Å². The normalized spacial score (nSPS) is 11.8. The average molecular weight is 415 g/mol. The van der Waals surface area contributed by atoms with E-state index in [1.165, 1.54) is 32.4 Å². The molecule has 0 fully saturated rings. The van der Waals surface area contributed by atoms with Crippen molar-refractivity contribution in [3.63, 3.8) is 0 Å². The molecule has 0 spiro atoms. The molecule has 0 heterocycles. The molecule has 0 amide bonds. The molecule has 0 N–H and O–H groups in total. The van der Waals surface area contributed by atoms with E-state index in [4.69, 9.17) is 9.47 Å². The predicted molar refractivity (Wildman–Crippen MR) is 109 cm³/mol. The maximum absolute atomic E-state index is 12.8. The standard InChI is InChI=1S/C23H23F2NO4/c1-23(2,3)17-8-6-15(7-9-17)20(27)16(13-26)10-14-11-18(28-4)21(30-22(24)25)19(12-14)29-5/h6-12,22H,1-5H3/b16-10+. The van der Waals surface area contributed by atoms with E-state index < -0.39 is 12.4 Å². The van der Waals surface area contributed by atoms with Crippen LogP contribution in [0.4, 0.5) is 8.78 Å². The Balaban J connectivity index is 2.44. The zero-order valence-electron chi connectivity index (χ0n) is 17.5. The smallest absolute Gasteiger partial charge is 0.387 e. The van der Waals surface area contributed by atoms with E-state index >= 15 is 0 Å². The first-order chi connectivity index (χ1) is 14.1. The van der Waals surface area contributed by atoms with Gasteiger partial charge in [-0.3, -0.25) is 4.79 Å². The summed E-state index contributed by atoms with van der Waals surface area (Å²) in [5.41, 5.74) is 1.61. The molecular weight excluding hydrogens is 392 g/mol. The highest BCUT2D eigenvalue weighted by Crippen LogP contribution is 2.40. The molecule has 0 atom stereocenters. The van der Waals surface area contributed by atoms with Crippen molar-refractivity contribution >= 4 is 11.9 Å². The summed E-state index contributed by atoms with van der Waals surface area (Å²) in [6.07, 6.45) is 1.34. The second kappa shape index (κ2) is 9.40. The number of rotatable bonds is 7. The van der Waals surface area contributed by atoms with E-state index in [-0.39, 0.29) is 28.2 Å². The molecule has 158 valence electrons. The predicted octanol–water partition coefficient (Wildman–Crippen LogP) is 5.39. The fourth-order valence-corrected chi connectivity index (χ4v) is 2.78. The van der Waals surface area contributed by atoms with E-state index in [1.54, 1.807) is 12.1 Å². The molecule has 0 saturated heterocycles. The van der Waals surface area contributed by atoms with Gasteiger partial charge in [0, 0.05) is 5.56 Å². The van der Waals surface area contributed by atoms with Crippen LogP contribution in [0.15, 0.2) is 42.0 Å². The second-order valence-corrected chi connectivity index (χ2v) is 7.46. The second-order valence-electron chi connectivity index (χ2n) is 7.46. The van der Waals surface area contributed by atoms with Crippen molar-refractivity contribution in [1.29, 1.82) is 5.26 Å². The highest BCUT2D eigenvalue weighted by molar-refractivity contribution is 6.14. The van der Waals surface area contributed by atoms with Crippen molar-refractivity contribution in [3.05, 3.63) is 58.7 Å². The molecule has 0 aliphatic rings. The molecule has 0 aliphatic heterocycles. The third kappa shape index (κ3) is 5.35. The van der Waals surface area contributed by atoms with Gasteiger partial charge in [-0.15, -0.1) is 0 Å². The number of halogens is 2. The lowest BCUT2D eigenvalue weighted by atomic mass is 9.86. The minimum Gasteiger partial charge on any atom is -0.493 e. The van der Waals surface area contributed by atoms with E-state index in [0.29, 0.717) is 11.1 Å². The summed E-state index contributed by atoms with van der Waals surface area (Å²) in [6, 6.07) is 11.7. The number of hydrogen-bond acceptors (Lipinski definition) is 5. The Hall–Kier alpha value is -3.40. The van der Waals surface area contributed by atoms with Gasteiger partial charge in [0.1, 0.15) is 11.6 Å². The molecule has 0 radical (unpaired) electrons. The third-order valence-electron chi connectivity index (χ3n) is 4.38. The molecule has 0 aliphatic carbocycles. The molecule has 5 nitrogen and oxygen atoms in total. The number of nitrogens with zero attached hydrogens (tertiary/aromatic N) is 1. The minimum atomic E-state index is -3.07. The lowest BCUT2D eigenvalue weighted by Crippen LogP contribution is -2.11. The van der Waals surface area contributed by atoms with Crippen LogP contribution in [0.3, 0.4) is 0 Å². The number of Topliss-reactive ketones (excluding diaryl/α,β-unsaturated/α-hetero) is 1. The number of carbonyl (C=O) groups is 1. The first-order valence-electron chi connectivity index (χ1n) is 9.08. The molecule has 0 aromatic heterocycles. The minimum absolute atomic E-state index is 0.0137. The van der Waals surface area contributed by atoms with Gasteiger partial charge in [-0.05, 0) is 34.8 Å². The van der Waals surface area contributed by atoms with Gasteiger partial charge >= 0.3 is 6.61 Å². The molecule has 2 rings (SSSR count). The van der Waals surface area contributed by atoms with E-state index in [1.807, 2.05) is 18.2 Å². The van der Waals surface area contributed by atoms with Crippen LogP contribution in [-0.2, 0) is 5.41 Å². The Labute approximate surface area is 174 Å². The number of allylic oxidation sites excluding steroid dienone is 1. The van der Waals surface area contributed by atoms with Crippen molar-refractivity contribution in [2.75, 3.05) is 14.2 Å². The van der Waals surface area contributed by atoms with Crippen molar-refractivity contribution < 1.29 is 27.8 Å². The lowest BCUT2D eigenvalue weighted by molar-refractivity contribution is -0.0526. The first-order valence-corrected chi connectivity index (χ1v) is 9.08. The molecule has 2 aromatic carbocycles. The molecule has 0 bridgehead atoms. The zero-order chi connectivity index (χ0) is 22.5. The van der Waals surface area contributed by atoms with Crippen LogP contribution in [0.5, 0.6) is 17.2 Å². The van der Waals surface area contributed by atoms with Gasteiger partial charge < -0.3 is 14.2 Å². The first kappa shape index (κ1) is 22.9. The highest BCUT2D eigenvalue weighted by Gasteiger charge is 2.20. The molecule has 30 heavy (non-hydrogen) atoms. The van der Waals surface area contributed by atoms with Crippen molar-refractivity contribution in [2.24, 2.45) is 0 Å². The Kier molecular flexibility index (Phi) is 7.17. The summed E-state index contributed by atoms with van der Waals surface area (Å²) < 4.78 is 40.0. The van der Waals surface area contributed by atoms with E-state index in [2.05, 4.69) is 25.5 Å². The van der Waals surface area contributed by atoms with Crippen LogP contribution < -0.4 is 14.2 Å². The van der Waals surface area contributed by atoms with Crippen molar-refractivity contribution in [3.8, 4) is 23.3 Å². The third-order valence-corrected chi connectivity index (χ3v) is 4.38. The molecule has 2 aromatic rings. The largest absolute Gasteiger partial charge is 0.493 e. The molecular formula is C23H23F2NO4. The molecule has 7 heteroatoms. The van der Waals surface area contributed by atoms with Gasteiger partial charge in [-0.2, -0.15) is 14.0 Å². The monoisotopic (exact) mass is 415 g/mol. The average Bonchev–Trinajstić information content (AvgIpc) is 2.71. The fraction of sp³-hybridized carbons (Fsp3) is 0.304. The van der Waals surface area contributed by atoms with E-state index in [9.17, 15) is 18.8 Å². The summed E-state index contributed by atoms with van der Waals surface area (Å²) in [5, 5.41) is 9.50. The van der Waals surface area contributed by atoms with Crippen LogP contribution in [0, 0.1) is 11.3 Å². The summed E-state index contributed by atoms with van der Waals surface area (Å²) >= 11 is 0. The number of carbonyl (C=O) groups excluding carboxylic acids is 1. The van der Waals surface area contributed by atoms with Crippen molar-refractivity contribution in [1.82, 2.24) is 0 Å². The van der Waals surface area contributed by atoms with Gasteiger partial charge in [-0.25, -0.2) is 0 Å². The molecule has 0 saturated carbocycles. The summed E-state index contributed by atoms with van der Waals surface area (Å²) in [5.74, 6) is -0.751. The van der Waals surface area contributed by atoms with Gasteiger partial charge in [0.2, 0.25) is 11.5 Å². The summed E-state index contributed by atoms with van der Waals surface area (Å²) in [4.78, 5) is 12.8. The van der Waals surface area contributed by atoms with Crippen LogP contribution in [0.1, 0.15) is 42.3 Å². The highest BCUT2D eigenvalue weighted by atomic mass is 19.3. The van der Waals surface area contributed by atoms with Crippen molar-refractivity contribution in [2.45, 2.75) is 32.8 Å². The summed E-state index contributed by atoms with van der Waals surface area (Å²) in [7, 11) is 2.57. The Morgan fingerprint density at radius 3 is 2.00 bits per heavy atom. The molecule has 0 unspecified atom stereocenters. The van der Waals surface area contributed by atoms with Crippen LogP contribution in [0.25, 0.3) is 6.08 Å². The maximum atomic E-state index is 12.8. The summed E-state index contributed by atoms with van der Waals surface area (Å²) in [6.45, 7) is 3.12. The Morgan fingerprint density at radius 2 is 1.60 bits per heavy atom. The SMILES string of the molecule is COc1cc(/C=C(\C#N)C(=O)c2ccc(C(C)(C)C)cc2)cc(OC)c1OC(F)F. The van der Waals surface area contributed by atoms with Gasteiger partial charge in [-0.1, -0.05) is 45.0 Å². The van der Waals surface area contributed by atoms with Gasteiger partial charge in [0.15, 0.2) is 11.5 Å². The van der Waals surface area contributed by atoms with Crippen LogP contribution in [0.2, 0.25) is 0 Å². The number of alkyl halides is 2. The topological polar surface area (TPSA) is 68.5 Å².